The molecule has 140 valence electrons. The number of ether oxygens (including phenoxy) is 3. The van der Waals surface area contributed by atoms with Crippen molar-refractivity contribution in [1.82, 2.24) is 5.16 Å². The van der Waals surface area contributed by atoms with Crippen molar-refractivity contribution in [1.29, 1.82) is 0 Å². The molecule has 0 aliphatic carbocycles. The monoisotopic (exact) mass is 369 g/mol. The molecule has 0 spiro atoms. The molecule has 0 fully saturated rings. The van der Waals surface area contributed by atoms with Gasteiger partial charge in [0.2, 0.25) is 0 Å². The summed E-state index contributed by atoms with van der Waals surface area (Å²) in [6.07, 6.45) is 0. The molecule has 0 amide bonds. The van der Waals surface area contributed by atoms with E-state index in [4.69, 9.17) is 23.8 Å². The molecule has 2 aromatic carbocycles. The Morgan fingerprint density at radius 1 is 0.963 bits per heavy atom. The van der Waals surface area contributed by atoms with Crippen molar-refractivity contribution in [3.05, 3.63) is 54.3 Å². The Balaban J connectivity index is 2.00. The minimum atomic E-state index is -1.05. The number of hydrogen-bond donors (Lipinski definition) is 1. The van der Waals surface area contributed by atoms with E-state index in [1.54, 1.807) is 14.2 Å². The van der Waals surface area contributed by atoms with Crippen LogP contribution < -0.4 is 9.47 Å². The largest absolute Gasteiger partial charge is 0.497 e. The fraction of sp³-hybridized carbons (Fsp3) is 0.200. The van der Waals surface area contributed by atoms with Crippen molar-refractivity contribution in [3.8, 4) is 33.9 Å². The summed E-state index contributed by atoms with van der Waals surface area (Å²) >= 11 is 0. The van der Waals surface area contributed by atoms with Crippen LogP contribution in [0.15, 0.2) is 53.1 Å². The average molecular weight is 369 g/mol. The van der Waals surface area contributed by atoms with Gasteiger partial charge in [-0.1, -0.05) is 17.3 Å². The first-order valence-electron chi connectivity index (χ1n) is 8.19. The van der Waals surface area contributed by atoms with Gasteiger partial charge in [0.1, 0.15) is 30.4 Å². The lowest BCUT2D eigenvalue weighted by molar-refractivity contribution is -0.142. The highest BCUT2D eigenvalue weighted by atomic mass is 16.5. The van der Waals surface area contributed by atoms with Gasteiger partial charge < -0.3 is 23.8 Å². The van der Waals surface area contributed by atoms with Gasteiger partial charge in [-0.2, -0.15) is 0 Å². The topological polar surface area (TPSA) is 91.0 Å². The second-order valence-electron chi connectivity index (χ2n) is 5.67. The van der Waals surface area contributed by atoms with E-state index in [1.807, 2.05) is 48.5 Å². The SMILES string of the molecule is COc1ccc(-c2noc(COCC(=O)O)c2-c2ccc(OC)cc2)cc1. The molecular formula is C20H19NO6. The molecule has 0 unspecified atom stereocenters. The quantitative estimate of drug-likeness (QED) is 0.648. The minimum absolute atomic E-state index is 0.00316. The van der Waals surface area contributed by atoms with Gasteiger partial charge in [0, 0.05) is 5.56 Å². The molecule has 7 nitrogen and oxygen atoms in total. The van der Waals surface area contributed by atoms with Crippen molar-refractivity contribution in [2.24, 2.45) is 0 Å². The maximum Gasteiger partial charge on any atom is 0.329 e. The Labute approximate surface area is 156 Å². The molecule has 3 aromatic rings. The molecule has 1 heterocycles. The molecule has 27 heavy (non-hydrogen) atoms. The lowest BCUT2D eigenvalue weighted by Crippen LogP contribution is -2.06. The highest BCUT2D eigenvalue weighted by Crippen LogP contribution is 2.36. The van der Waals surface area contributed by atoms with Crippen LogP contribution in [0, 0.1) is 0 Å². The second-order valence-corrected chi connectivity index (χ2v) is 5.67. The van der Waals surface area contributed by atoms with E-state index < -0.39 is 12.6 Å². The van der Waals surface area contributed by atoms with Crippen molar-refractivity contribution in [2.45, 2.75) is 6.61 Å². The summed E-state index contributed by atoms with van der Waals surface area (Å²) in [6, 6.07) is 14.9. The lowest BCUT2D eigenvalue weighted by atomic mass is 9.99. The number of carbonyl (C=O) groups is 1. The predicted octanol–water partition coefficient (Wildman–Crippen LogP) is 3.63. The summed E-state index contributed by atoms with van der Waals surface area (Å²) in [5.74, 6) is 0.867. The Morgan fingerprint density at radius 3 is 2.04 bits per heavy atom. The van der Waals surface area contributed by atoms with E-state index in [0.29, 0.717) is 11.5 Å². The van der Waals surface area contributed by atoms with Crippen molar-refractivity contribution in [3.63, 3.8) is 0 Å². The van der Waals surface area contributed by atoms with E-state index in [2.05, 4.69) is 5.16 Å². The number of carboxylic acid groups (broad SMARTS) is 1. The number of aliphatic carboxylic acids is 1. The third-order valence-electron chi connectivity index (χ3n) is 3.96. The summed E-state index contributed by atoms with van der Waals surface area (Å²) in [5, 5.41) is 13.0. The summed E-state index contributed by atoms with van der Waals surface area (Å²) in [5.41, 5.74) is 3.08. The maximum atomic E-state index is 10.7. The number of hydrogen-bond acceptors (Lipinski definition) is 6. The molecule has 0 aliphatic rings. The van der Waals surface area contributed by atoms with Crippen molar-refractivity contribution < 1.29 is 28.6 Å². The number of aromatic nitrogens is 1. The van der Waals surface area contributed by atoms with Crippen LogP contribution >= 0.6 is 0 Å². The molecule has 1 aromatic heterocycles. The zero-order valence-electron chi connectivity index (χ0n) is 15.0. The number of carboxylic acids is 1. The molecular weight excluding hydrogens is 350 g/mol. The smallest absolute Gasteiger partial charge is 0.329 e. The highest BCUT2D eigenvalue weighted by molar-refractivity contribution is 5.82. The molecule has 0 saturated carbocycles. The van der Waals surface area contributed by atoms with Crippen LogP contribution in [0.3, 0.4) is 0 Å². The average Bonchev–Trinajstić information content (AvgIpc) is 3.11. The molecule has 3 rings (SSSR count). The molecule has 0 atom stereocenters. The molecule has 7 heteroatoms. The van der Waals surface area contributed by atoms with Gasteiger partial charge in [-0.3, -0.25) is 0 Å². The molecule has 0 radical (unpaired) electrons. The first-order valence-corrected chi connectivity index (χ1v) is 8.19. The van der Waals surface area contributed by atoms with E-state index >= 15 is 0 Å². The van der Waals surface area contributed by atoms with Crippen LogP contribution in [0.2, 0.25) is 0 Å². The molecule has 0 aliphatic heterocycles. The summed E-state index contributed by atoms with van der Waals surface area (Å²) in [6.45, 7) is -0.419. The number of nitrogens with zero attached hydrogens (tertiary/aromatic N) is 1. The third-order valence-corrected chi connectivity index (χ3v) is 3.96. The Kier molecular flexibility index (Phi) is 5.73. The van der Waals surface area contributed by atoms with Crippen molar-refractivity contribution in [2.75, 3.05) is 20.8 Å². The van der Waals surface area contributed by atoms with Gasteiger partial charge in [-0.05, 0) is 42.0 Å². The highest BCUT2D eigenvalue weighted by Gasteiger charge is 2.20. The minimum Gasteiger partial charge on any atom is -0.497 e. The summed E-state index contributed by atoms with van der Waals surface area (Å²) < 4.78 is 21.1. The van der Waals surface area contributed by atoms with E-state index in [0.717, 1.165) is 28.2 Å². The zero-order chi connectivity index (χ0) is 19.2. The molecule has 0 saturated heterocycles. The molecule has 0 bridgehead atoms. The number of rotatable bonds is 8. The van der Waals surface area contributed by atoms with Gasteiger partial charge in [-0.25, -0.2) is 4.79 Å². The van der Waals surface area contributed by atoms with Gasteiger partial charge in [0.25, 0.3) is 0 Å². The second kappa shape index (κ2) is 8.37. The van der Waals surface area contributed by atoms with E-state index in [1.165, 1.54) is 0 Å². The van der Waals surface area contributed by atoms with Crippen molar-refractivity contribution >= 4 is 5.97 Å². The van der Waals surface area contributed by atoms with Crippen LogP contribution in [-0.2, 0) is 16.1 Å². The molecule has 1 N–H and O–H groups in total. The van der Waals surface area contributed by atoms with Crippen LogP contribution in [0.4, 0.5) is 0 Å². The Morgan fingerprint density at radius 2 is 1.52 bits per heavy atom. The fourth-order valence-corrected chi connectivity index (χ4v) is 2.65. The van der Waals surface area contributed by atoms with Gasteiger partial charge in [0.15, 0.2) is 5.76 Å². The van der Waals surface area contributed by atoms with E-state index in [9.17, 15) is 4.79 Å². The fourth-order valence-electron chi connectivity index (χ4n) is 2.65. The van der Waals surface area contributed by atoms with Gasteiger partial charge >= 0.3 is 5.97 Å². The summed E-state index contributed by atoms with van der Waals surface area (Å²) in [4.78, 5) is 10.7. The Hall–Kier alpha value is -3.32. The zero-order valence-corrected chi connectivity index (χ0v) is 15.0. The lowest BCUT2D eigenvalue weighted by Gasteiger charge is -2.07. The number of benzene rings is 2. The van der Waals surface area contributed by atoms with E-state index in [-0.39, 0.29) is 6.61 Å². The first kappa shape index (κ1) is 18.5. The summed E-state index contributed by atoms with van der Waals surface area (Å²) in [7, 11) is 3.20. The maximum absolute atomic E-state index is 10.7. The Bertz CT molecular complexity index is 899. The standard InChI is InChI=1S/C20H19NO6/c1-24-15-7-3-13(4-8-15)19-17(11-26-12-18(22)23)27-21-20(19)14-5-9-16(25-2)10-6-14/h3-10H,11-12H2,1-2H3,(H,22,23). The predicted molar refractivity (Wildman–Crippen MR) is 97.8 cm³/mol. The third kappa shape index (κ3) is 4.27. The van der Waals surface area contributed by atoms with Crippen LogP contribution in [0.5, 0.6) is 11.5 Å². The number of methoxy groups -OCH3 is 2. The first-order chi connectivity index (χ1) is 13.1. The van der Waals surface area contributed by atoms with Crippen LogP contribution in [0.1, 0.15) is 5.76 Å². The van der Waals surface area contributed by atoms with Gasteiger partial charge in [0.05, 0.1) is 19.8 Å². The van der Waals surface area contributed by atoms with Crippen LogP contribution in [-0.4, -0.2) is 37.1 Å². The van der Waals surface area contributed by atoms with Crippen LogP contribution in [0.25, 0.3) is 22.4 Å². The normalized spacial score (nSPS) is 10.6. The van der Waals surface area contributed by atoms with Gasteiger partial charge in [-0.15, -0.1) is 0 Å².